The van der Waals surface area contributed by atoms with Crippen LogP contribution in [0.15, 0.2) is 0 Å². The van der Waals surface area contributed by atoms with E-state index in [1.54, 1.807) is 11.8 Å². The summed E-state index contributed by atoms with van der Waals surface area (Å²) in [5, 5.41) is 0. The zero-order valence-electron chi connectivity index (χ0n) is 7.77. The van der Waals surface area contributed by atoms with E-state index in [4.69, 9.17) is 0 Å². The summed E-state index contributed by atoms with van der Waals surface area (Å²) in [7, 11) is 0. The molecule has 0 heterocycles. The molecular formula is C8H19NO. The summed E-state index contributed by atoms with van der Waals surface area (Å²) in [5.41, 5.74) is 0. The molecule has 0 bridgehead atoms. The number of rotatable bonds is 2. The number of hydrogen-bond donors (Lipinski definition) is 0. The molecular weight excluding hydrogens is 126 g/mol. The third-order valence-corrected chi connectivity index (χ3v) is 1.21. The maximum atomic E-state index is 10.5. The highest BCUT2D eigenvalue weighted by atomic mass is 16.2. The van der Waals surface area contributed by atoms with Crippen LogP contribution in [0.2, 0.25) is 0 Å². The van der Waals surface area contributed by atoms with Crippen LogP contribution in [0.5, 0.6) is 0 Å². The Labute approximate surface area is 64.2 Å². The van der Waals surface area contributed by atoms with E-state index >= 15 is 0 Å². The molecule has 0 radical (unpaired) electrons. The molecule has 2 heteroatoms. The van der Waals surface area contributed by atoms with Gasteiger partial charge in [-0.05, 0) is 13.8 Å². The van der Waals surface area contributed by atoms with Gasteiger partial charge in [0.1, 0.15) is 0 Å². The molecule has 0 aliphatic heterocycles. The van der Waals surface area contributed by atoms with Gasteiger partial charge in [0.2, 0.25) is 5.91 Å². The van der Waals surface area contributed by atoms with Crippen LogP contribution >= 0.6 is 0 Å². The fourth-order valence-corrected chi connectivity index (χ4v) is 0.669. The fraction of sp³-hybridized carbons (Fsp3) is 0.875. The Morgan fingerprint density at radius 2 is 1.50 bits per heavy atom. The standard InChI is InChI=1S/C6H13NO.C2H6/c1-4-7(5-2)6(3)8;1-2/h4-5H2,1-3H3;1-2H3. The molecule has 0 unspecified atom stereocenters. The summed E-state index contributed by atoms with van der Waals surface area (Å²) in [6.45, 7) is 11.2. The Bertz CT molecular complexity index is 77.3. The van der Waals surface area contributed by atoms with Crippen molar-refractivity contribution in [1.29, 1.82) is 0 Å². The number of amides is 1. The van der Waals surface area contributed by atoms with Crippen molar-refractivity contribution in [2.24, 2.45) is 0 Å². The van der Waals surface area contributed by atoms with Crippen molar-refractivity contribution in [2.45, 2.75) is 34.6 Å². The van der Waals surface area contributed by atoms with Gasteiger partial charge >= 0.3 is 0 Å². The van der Waals surface area contributed by atoms with E-state index < -0.39 is 0 Å². The van der Waals surface area contributed by atoms with Gasteiger partial charge < -0.3 is 4.90 Å². The molecule has 0 aromatic carbocycles. The van der Waals surface area contributed by atoms with Gasteiger partial charge in [0.15, 0.2) is 0 Å². The molecule has 2 nitrogen and oxygen atoms in total. The Morgan fingerprint density at radius 3 is 1.50 bits per heavy atom. The first kappa shape index (κ1) is 12.2. The first-order valence-electron chi connectivity index (χ1n) is 3.97. The zero-order valence-corrected chi connectivity index (χ0v) is 7.77. The second kappa shape index (κ2) is 8.47. The molecule has 0 atom stereocenters. The average molecular weight is 145 g/mol. The van der Waals surface area contributed by atoms with Crippen LogP contribution in [0.1, 0.15) is 34.6 Å². The second-order valence-corrected chi connectivity index (χ2v) is 1.69. The third kappa shape index (κ3) is 5.60. The van der Waals surface area contributed by atoms with Gasteiger partial charge in [0.05, 0.1) is 0 Å². The lowest BCUT2D eigenvalue weighted by Crippen LogP contribution is -2.27. The van der Waals surface area contributed by atoms with Gasteiger partial charge in [-0.1, -0.05) is 13.8 Å². The number of hydrogen-bond acceptors (Lipinski definition) is 1. The van der Waals surface area contributed by atoms with Gasteiger partial charge in [-0.15, -0.1) is 0 Å². The molecule has 0 fully saturated rings. The minimum absolute atomic E-state index is 0.162. The first-order chi connectivity index (χ1) is 4.72. The largest absolute Gasteiger partial charge is 0.343 e. The van der Waals surface area contributed by atoms with Crippen molar-refractivity contribution in [3.8, 4) is 0 Å². The highest BCUT2D eigenvalue weighted by Gasteiger charge is 1.99. The highest BCUT2D eigenvalue weighted by molar-refractivity contribution is 5.73. The number of carbonyl (C=O) groups excluding carboxylic acids is 1. The molecule has 0 aromatic rings. The van der Waals surface area contributed by atoms with E-state index in [1.165, 1.54) is 0 Å². The van der Waals surface area contributed by atoms with Crippen LogP contribution in [-0.2, 0) is 4.79 Å². The minimum atomic E-state index is 0.162. The summed E-state index contributed by atoms with van der Waals surface area (Å²) in [4.78, 5) is 12.3. The van der Waals surface area contributed by atoms with Crippen LogP contribution in [0.4, 0.5) is 0 Å². The molecule has 0 spiro atoms. The summed E-state index contributed by atoms with van der Waals surface area (Å²) >= 11 is 0. The van der Waals surface area contributed by atoms with Crippen molar-refractivity contribution in [3.63, 3.8) is 0 Å². The van der Waals surface area contributed by atoms with Gasteiger partial charge in [-0.3, -0.25) is 4.79 Å². The van der Waals surface area contributed by atoms with Crippen LogP contribution < -0.4 is 0 Å². The molecule has 62 valence electrons. The summed E-state index contributed by atoms with van der Waals surface area (Å²) < 4.78 is 0. The smallest absolute Gasteiger partial charge is 0.219 e. The molecule has 10 heavy (non-hydrogen) atoms. The topological polar surface area (TPSA) is 20.3 Å². The molecule has 0 saturated heterocycles. The van der Waals surface area contributed by atoms with Crippen molar-refractivity contribution in [1.82, 2.24) is 4.90 Å². The van der Waals surface area contributed by atoms with E-state index in [0.717, 1.165) is 13.1 Å². The van der Waals surface area contributed by atoms with E-state index in [9.17, 15) is 4.79 Å². The lowest BCUT2D eigenvalue weighted by atomic mass is 10.5. The Kier molecular flexibility index (Phi) is 10.3. The van der Waals surface area contributed by atoms with Gasteiger partial charge in [-0.25, -0.2) is 0 Å². The van der Waals surface area contributed by atoms with Gasteiger partial charge in [-0.2, -0.15) is 0 Å². The first-order valence-corrected chi connectivity index (χ1v) is 3.97. The quantitative estimate of drug-likeness (QED) is 0.581. The van der Waals surface area contributed by atoms with Gasteiger partial charge in [0.25, 0.3) is 0 Å². The van der Waals surface area contributed by atoms with Gasteiger partial charge in [0, 0.05) is 20.0 Å². The lowest BCUT2D eigenvalue weighted by Gasteiger charge is -2.14. The van der Waals surface area contributed by atoms with Crippen molar-refractivity contribution in [3.05, 3.63) is 0 Å². The summed E-state index contributed by atoms with van der Waals surface area (Å²) in [5.74, 6) is 0.162. The van der Waals surface area contributed by atoms with E-state index in [1.807, 2.05) is 27.7 Å². The SMILES string of the molecule is CC.CCN(CC)C(C)=O. The predicted octanol–water partition coefficient (Wildman–Crippen LogP) is 1.90. The summed E-state index contributed by atoms with van der Waals surface area (Å²) in [6.07, 6.45) is 0. The van der Waals surface area contributed by atoms with E-state index in [0.29, 0.717) is 0 Å². The van der Waals surface area contributed by atoms with Crippen molar-refractivity contribution >= 4 is 5.91 Å². The normalized spacial score (nSPS) is 7.70. The molecule has 0 saturated carbocycles. The number of carbonyl (C=O) groups is 1. The van der Waals surface area contributed by atoms with E-state index in [2.05, 4.69) is 0 Å². The van der Waals surface area contributed by atoms with Crippen LogP contribution in [0, 0.1) is 0 Å². The molecule has 0 N–H and O–H groups in total. The monoisotopic (exact) mass is 145 g/mol. The van der Waals surface area contributed by atoms with Crippen molar-refractivity contribution in [2.75, 3.05) is 13.1 Å². The molecule has 0 rings (SSSR count). The zero-order chi connectivity index (χ0) is 8.57. The Hall–Kier alpha value is -0.530. The van der Waals surface area contributed by atoms with E-state index in [-0.39, 0.29) is 5.91 Å². The molecule has 0 aliphatic carbocycles. The summed E-state index contributed by atoms with van der Waals surface area (Å²) in [6, 6.07) is 0. The van der Waals surface area contributed by atoms with Crippen LogP contribution in [0.3, 0.4) is 0 Å². The van der Waals surface area contributed by atoms with Crippen LogP contribution in [0.25, 0.3) is 0 Å². The predicted molar refractivity (Wildman–Crippen MR) is 45.0 cm³/mol. The molecule has 0 aliphatic rings. The lowest BCUT2D eigenvalue weighted by molar-refractivity contribution is -0.128. The maximum Gasteiger partial charge on any atom is 0.219 e. The van der Waals surface area contributed by atoms with Crippen LogP contribution in [-0.4, -0.2) is 23.9 Å². The minimum Gasteiger partial charge on any atom is -0.343 e. The second-order valence-electron chi connectivity index (χ2n) is 1.69. The molecule has 1 amide bonds. The maximum absolute atomic E-state index is 10.5. The highest BCUT2D eigenvalue weighted by Crippen LogP contribution is 1.84. The third-order valence-electron chi connectivity index (χ3n) is 1.21. The Balaban J connectivity index is 0. The molecule has 0 aromatic heterocycles. The average Bonchev–Trinajstić information content (AvgIpc) is 1.94. The fourth-order valence-electron chi connectivity index (χ4n) is 0.669. The number of nitrogens with zero attached hydrogens (tertiary/aromatic N) is 1. The Morgan fingerprint density at radius 1 is 1.20 bits per heavy atom. The van der Waals surface area contributed by atoms with Crippen molar-refractivity contribution < 1.29 is 4.79 Å².